The number of ether oxygens (including phenoxy) is 1. The number of benzene rings is 1. The van der Waals surface area contributed by atoms with Crippen LogP contribution in [0, 0.1) is 0 Å². The number of hydrogen-bond acceptors (Lipinski definition) is 3. The van der Waals surface area contributed by atoms with Gasteiger partial charge in [-0.1, -0.05) is 6.07 Å². The van der Waals surface area contributed by atoms with Gasteiger partial charge in [-0.05, 0) is 24.5 Å². The molecular weight excluding hydrogens is 192 g/mol. The molecule has 1 aromatic rings. The molecule has 2 aliphatic rings. The van der Waals surface area contributed by atoms with Gasteiger partial charge in [0.15, 0.2) is 5.78 Å². The second-order valence-electron chi connectivity index (χ2n) is 4.02. The summed E-state index contributed by atoms with van der Waals surface area (Å²) >= 11 is 0. The van der Waals surface area contributed by atoms with Gasteiger partial charge in [0.1, 0.15) is 6.61 Å². The molecule has 0 radical (unpaired) electrons. The Labute approximate surface area is 87.0 Å². The number of aryl methyl sites for hydroxylation is 1. The molecule has 15 heavy (non-hydrogen) atoms. The molecule has 0 saturated heterocycles. The summed E-state index contributed by atoms with van der Waals surface area (Å²) < 4.78 is 4.93. The van der Waals surface area contributed by atoms with Crippen LogP contribution in [-0.2, 0) is 17.8 Å². The van der Waals surface area contributed by atoms with Gasteiger partial charge in [0, 0.05) is 17.5 Å². The van der Waals surface area contributed by atoms with Gasteiger partial charge in [-0.15, -0.1) is 0 Å². The lowest BCUT2D eigenvalue weighted by Gasteiger charge is -2.14. The molecule has 1 aliphatic heterocycles. The first-order valence-corrected chi connectivity index (χ1v) is 5.12. The molecule has 0 aromatic heterocycles. The molecule has 1 heterocycles. The summed E-state index contributed by atoms with van der Waals surface area (Å²) in [5.74, 6) is -0.148. The Morgan fingerprint density at radius 2 is 1.87 bits per heavy atom. The van der Waals surface area contributed by atoms with Crippen molar-refractivity contribution in [3.8, 4) is 0 Å². The number of fused-ring (bicyclic) bond motifs is 2. The lowest BCUT2D eigenvalue weighted by atomic mass is 9.88. The highest BCUT2D eigenvalue weighted by Crippen LogP contribution is 2.28. The average molecular weight is 202 g/mol. The number of Topliss-reactive ketones (excluding diaryl/α,β-unsaturated/α-hetero) is 1. The quantitative estimate of drug-likeness (QED) is 0.603. The summed E-state index contributed by atoms with van der Waals surface area (Å²) in [7, 11) is 0. The Morgan fingerprint density at radius 1 is 1.00 bits per heavy atom. The summed E-state index contributed by atoms with van der Waals surface area (Å²) in [6.45, 7) is 0.357. The topological polar surface area (TPSA) is 43.4 Å². The second kappa shape index (κ2) is 2.92. The summed E-state index contributed by atoms with van der Waals surface area (Å²) in [5.41, 5.74) is 3.29. The number of esters is 1. The van der Waals surface area contributed by atoms with Crippen molar-refractivity contribution < 1.29 is 14.3 Å². The van der Waals surface area contributed by atoms with Crippen molar-refractivity contribution in [3.63, 3.8) is 0 Å². The van der Waals surface area contributed by atoms with Crippen LogP contribution in [0.5, 0.6) is 0 Å². The van der Waals surface area contributed by atoms with Crippen LogP contribution >= 0.6 is 0 Å². The third kappa shape index (κ3) is 1.19. The van der Waals surface area contributed by atoms with Gasteiger partial charge in [-0.3, -0.25) is 4.79 Å². The Kier molecular flexibility index (Phi) is 1.69. The molecule has 0 saturated carbocycles. The third-order valence-corrected chi connectivity index (χ3v) is 3.06. The van der Waals surface area contributed by atoms with Crippen molar-refractivity contribution in [2.45, 2.75) is 25.9 Å². The van der Waals surface area contributed by atoms with Crippen molar-refractivity contribution in [1.82, 2.24) is 0 Å². The van der Waals surface area contributed by atoms with Gasteiger partial charge in [-0.2, -0.15) is 0 Å². The van der Waals surface area contributed by atoms with E-state index in [2.05, 4.69) is 0 Å². The standard InChI is InChI=1S/C12H10O3/c13-11-3-1-2-7-4-8-6-15-12(14)10(8)5-9(7)11/h4-5H,1-3,6H2. The van der Waals surface area contributed by atoms with Crippen LogP contribution in [0.2, 0.25) is 0 Å². The van der Waals surface area contributed by atoms with Gasteiger partial charge >= 0.3 is 5.97 Å². The van der Waals surface area contributed by atoms with Gasteiger partial charge in [0.2, 0.25) is 0 Å². The highest BCUT2D eigenvalue weighted by molar-refractivity contribution is 6.02. The smallest absolute Gasteiger partial charge is 0.338 e. The molecule has 3 nitrogen and oxygen atoms in total. The van der Waals surface area contributed by atoms with Crippen molar-refractivity contribution in [3.05, 3.63) is 34.4 Å². The zero-order valence-electron chi connectivity index (χ0n) is 8.21. The Balaban J connectivity index is 2.21. The van der Waals surface area contributed by atoms with Crippen LogP contribution in [0.25, 0.3) is 0 Å². The molecule has 0 atom stereocenters. The number of carbonyl (C=O) groups is 2. The summed E-state index contributed by atoms with van der Waals surface area (Å²) in [5, 5.41) is 0. The number of rotatable bonds is 0. The van der Waals surface area contributed by atoms with E-state index in [1.165, 1.54) is 0 Å². The molecule has 3 heteroatoms. The Hall–Kier alpha value is -1.64. The van der Waals surface area contributed by atoms with Gasteiger partial charge < -0.3 is 4.74 Å². The van der Waals surface area contributed by atoms with Crippen LogP contribution in [-0.4, -0.2) is 11.8 Å². The van der Waals surface area contributed by atoms with Crippen molar-refractivity contribution in [1.29, 1.82) is 0 Å². The third-order valence-electron chi connectivity index (χ3n) is 3.06. The summed E-state index contributed by atoms with van der Waals surface area (Å²) in [6.07, 6.45) is 2.45. The van der Waals surface area contributed by atoms with Crippen molar-refractivity contribution in [2.75, 3.05) is 0 Å². The zero-order valence-corrected chi connectivity index (χ0v) is 8.21. The number of hydrogen-bond donors (Lipinski definition) is 0. The SMILES string of the molecule is O=C1CCCc2cc3c(cc21)C(=O)OC3. The fourth-order valence-corrected chi connectivity index (χ4v) is 2.27. The lowest BCUT2D eigenvalue weighted by Crippen LogP contribution is -2.12. The molecule has 76 valence electrons. The van der Waals surface area contributed by atoms with Crippen LogP contribution in [0.15, 0.2) is 12.1 Å². The molecule has 1 aromatic carbocycles. The van der Waals surface area contributed by atoms with E-state index in [1.807, 2.05) is 6.07 Å². The largest absolute Gasteiger partial charge is 0.457 e. The molecule has 0 amide bonds. The highest BCUT2D eigenvalue weighted by atomic mass is 16.5. The van der Waals surface area contributed by atoms with E-state index in [1.54, 1.807) is 6.07 Å². The van der Waals surface area contributed by atoms with E-state index < -0.39 is 0 Å². The maximum atomic E-state index is 11.6. The maximum absolute atomic E-state index is 11.6. The minimum Gasteiger partial charge on any atom is -0.457 e. The normalized spacial score (nSPS) is 18.4. The van der Waals surface area contributed by atoms with Crippen LogP contribution in [0.1, 0.15) is 44.7 Å². The minimum atomic E-state index is -0.300. The molecule has 0 N–H and O–H groups in total. The van der Waals surface area contributed by atoms with Gasteiger partial charge in [0.05, 0.1) is 5.56 Å². The van der Waals surface area contributed by atoms with Crippen molar-refractivity contribution >= 4 is 11.8 Å². The predicted molar refractivity (Wildman–Crippen MR) is 52.8 cm³/mol. The second-order valence-corrected chi connectivity index (χ2v) is 4.02. The van der Waals surface area contributed by atoms with Gasteiger partial charge in [0.25, 0.3) is 0 Å². The van der Waals surface area contributed by atoms with E-state index in [4.69, 9.17) is 4.74 Å². The van der Waals surface area contributed by atoms with Crippen LogP contribution in [0.4, 0.5) is 0 Å². The summed E-state index contributed by atoms with van der Waals surface area (Å²) in [6, 6.07) is 3.66. The molecule has 0 unspecified atom stereocenters. The monoisotopic (exact) mass is 202 g/mol. The first-order valence-electron chi connectivity index (χ1n) is 5.12. The molecule has 0 bridgehead atoms. The van der Waals surface area contributed by atoms with Crippen LogP contribution < -0.4 is 0 Å². The molecule has 0 fully saturated rings. The number of carbonyl (C=O) groups excluding carboxylic acids is 2. The zero-order chi connectivity index (χ0) is 10.4. The fraction of sp³-hybridized carbons (Fsp3) is 0.333. The highest BCUT2D eigenvalue weighted by Gasteiger charge is 2.26. The van der Waals surface area contributed by atoms with E-state index in [0.29, 0.717) is 18.6 Å². The Bertz CT molecular complexity index is 474. The van der Waals surface area contributed by atoms with E-state index in [0.717, 1.165) is 29.5 Å². The lowest BCUT2D eigenvalue weighted by molar-refractivity contribution is 0.0535. The van der Waals surface area contributed by atoms with Crippen LogP contribution in [0.3, 0.4) is 0 Å². The fourth-order valence-electron chi connectivity index (χ4n) is 2.27. The number of cyclic esters (lactones) is 1. The van der Waals surface area contributed by atoms with E-state index >= 15 is 0 Å². The van der Waals surface area contributed by atoms with E-state index in [-0.39, 0.29) is 11.8 Å². The summed E-state index contributed by atoms with van der Waals surface area (Å²) in [4.78, 5) is 23.0. The molecule has 3 rings (SSSR count). The minimum absolute atomic E-state index is 0.152. The van der Waals surface area contributed by atoms with Crippen molar-refractivity contribution in [2.24, 2.45) is 0 Å². The number of ketones is 1. The average Bonchev–Trinajstić information content (AvgIpc) is 2.59. The molecule has 0 spiro atoms. The first-order chi connectivity index (χ1) is 7.25. The van der Waals surface area contributed by atoms with E-state index in [9.17, 15) is 9.59 Å². The first kappa shape index (κ1) is 8.65. The molecular formula is C12H10O3. The Morgan fingerprint density at radius 3 is 2.73 bits per heavy atom. The molecule has 1 aliphatic carbocycles. The van der Waals surface area contributed by atoms with Gasteiger partial charge in [-0.25, -0.2) is 4.79 Å². The predicted octanol–water partition coefficient (Wildman–Crippen LogP) is 1.88. The maximum Gasteiger partial charge on any atom is 0.338 e.